The predicted octanol–water partition coefficient (Wildman–Crippen LogP) is 4.49. The van der Waals surface area contributed by atoms with Crippen LogP contribution in [0, 0.1) is 0 Å². The molecule has 0 aromatic heterocycles. The number of hydrogen-bond acceptors (Lipinski definition) is 3. The zero-order chi connectivity index (χ0) is 20.6. The number of aliphatic hydroxyl groups excluding tert-OH is 1. The van der Waals surface area contributed by atoms with E-state index in [-0.39, 0.29) is 0 Å². The molecule has 0 heterocycles. The summed E-state index contributed by atoms with van der Waals surface area (Å²) >= 11 is 5.96. The topological polar surface area (TPSA) is 69.6 Å². The van der Waals surface area contributed by atoms with Crippen LogP contribution in [0.1, 0.15) is 38.7 Å². The van der Waals surface area contributed by atoms with Crippen LogP contribution < -0.4 is 5.32 Å². The second-order valence-corrected chi connectivity index (χ2v) is 7.42. The fourth-order valence-electron chi connectivity index (χ4n) is 3.23. The normalized spacial score (nSPS) is 11.9. The number of rotatable bonds is 9. The summed E-state index contributed by atoms with van der Waals surface area (Å²) in [6.07, 6.45) is 0.839. The molecule has 0 bridgehead atoms. The molecule has 150 valence electrons. The molecule has 3 rings (SSSR count). The minimum Gasteiger partial charge on any atom is -0.478 e. The fraction of sp³-hybridized carbons (Fsp3) is 0.208. The minimum absolute atomic E-state index is 0.346. The first-order valence-electron chi connectivity index (χ1n) is 9.56. The van der Waals surface area contributed by atoms with Gasteiger partial charge in [0.2, 0.25) is 0 Å². The number of halogens is 1. The highest BCUT2D eigenvalue weighted by atomic mass is 35.5. The van der Waals surface area contributed by atoms with Crippen molar-refractivity contribution in [3.8, 4) is 0 Å². The molecular weight excluding hydrogens is 386 g/mol. The Morgan fingerprint density at radius 2 is 1.69 bits per heavy atom. The van der Waals surface area contributed by atoms with Crippen molar-refractivity contribution >= 4 is 17.6 Å². The number of carboxylic acid groups (broad SMARTS) is 1. The SMILES string of the molecule is O=C(O)c1ccccc1Cc1ccc(CCNCC(O)c2cccc(Cl)c2)cc1. The van der Waals surface area contributed by atoms with Gasteiger partial charge in [0.05, 0.1) is 11.7 Å². The first-order valence-corrected chi connectivity index (χ1v) is 9.94. The van der Waals surface area contributed by atoms with Gasteiger partial charge < -0.3 is 15.5 Å². The molecule has 3 aromatic rings. The summed E-state index contributed by atoms with van der Waals surface area (Å²) in [6, 6.07) is 22.5. The van der Waals surface area contributed by atoms with E-state index in [1.54, 1.807) is 24.3 Å². The Bertz CT molecular complexity index is 956. The lowest BCUT2D eigenvalue weighted by Crippen LogP contribution is -2.23. The molecule has 0 fully saturated rings. The first kappa shape index (κ1) is 21.1. The quantitative estimate of drug-likeness (QED) is 0.455. The van der Waals surface area contributed by atoms with Crippen LogP contribution in [0.15, 0.2) is 72.8 Å². The van der Waals surface area contributed by atoms with E-state index in [1.807, 2.05) is 36.4 Å². The Hall–Kier alpha value is -2.66. The molecule has 0 amide bonds. The minimum atomic E-state index is -0.900. The molecule has 3 aromatic carbocycles. The van der Waals surface area contributed by atoms with Crippen LogP contribution in [0.5, 0.6) is 0 Å². The van der Waals surface area contributed by atoms with Crippen LogP contribution in [-0.2, 0) is 12.8 Å². The number of carbonyl (C=O) groups is 1. The fourth-order valence-corrected chi connectivity index (χ4v) is 3.43. The van der Waals surface area contributed by atoms with Crippen molar-refractivity contribution in [2.75, 3.05) is 13.1 Å². The van der Waals surface area contributed by atoms with Gasteiger partial charge in [0.1, 0.15) is 0 Å². The lowest BCUT2D eigenvalue weighted by Gasteiger charge is -2.13. The van der Waals surface area contributed by atoms with E-state index in [0.29, 0.717) is 23.6 Å². The van der Waals surface area contributed by atoms with E-state index in [4.69, 9.17) is 11.6 Å². The lowest BCUT2D eigenvalue weighted by molar-refractivity contribution is 0.0696. The van der Waals surface area contributed by atoms with E-state index in [0.717, 1.165) is 29.7 Å². The average Bonchev–Trinajstić information content (AvgIpc) is 2.72. The summed E-state index contributed by atoms with van der Waals surface area (Å²) in [5, 5.41) is 23.4. The summed E-state index contributed by atoms with van der Waals surface area (Å²) in [4.78, 5) is 11.3. The summed E-state index contributed by atoms with van der Waals surface area (Å²) in [5.41, 5.74) is 4.22. The van der Waals surface area contributed by atoms with Gasteiger partial charge in [-0.1, -0.05) is 66.2 Å². The van der Waals surface area contributed by atoms with Gasteiger partial charge in [0.25, 0.3) is 0 Å². The highest BCUT2D eigenvalue weighted by Gasteiger charge is 2.10. The Balaban J connectivity index is 1.48. The third-order valence-corrected chi connectivity index (χ3v) is 5.06. The zero-order valence-electron chi connectivity index (χ0n) is 16.0. The second kappa shape index (κ2) is 10.2. The molecule has 29 heavy (non-hydrogen) atoms. The molecule has 1 unspecified atom stereocenters. The van der Waals surface area contributed by atoms with Gasteiger partial charge in [-0.2, -0.15) is 0 Å². The number of aliphatic hydroxyl groups is 1. The van der Waals surface area contributed by atoms with Crippen molar-refractivity contribution in [1.82, 2.24) is 5.32 Å². The van der Waals surface area contributed by atoms with E-state index in [1.165, 1.54) is 5.56 Å². The van der Waals surface area contributed by atoms with Gasteiger partial charge in [-0.15, -0.1) is 0 Å². The molecule has 0 aliphatic carbocycles. The monoisotopic (exact) mass is 409 g/mol. The maximum absolute atomic E-state index is 11.3. The maximum atomic E-state index is 11.3. The van der Waals surface area contributed by atoms with Crippen molar-refractivity contribution in [2.45, 2.75) is 18.9 Å². The molecule has 1 atom stereocenters. The average molecular weight is 410 g/mol. The van der Waals surface area contributed by atoms with Crippen LogP contribution >= 0.6 is 11.6 Å². The molecule has 0 spiro atoms. The number of benzene rings is 3. The van der Waals surface area contributed by atoms with Crippen molar-refractivity contribution in [2.24, 2.45) is 0 Å². The molecule has 3 N–H and O–H groups in total. The molecule has 0 aliphatic rings. The van der Waals surface area contributed by atoms with Crippen molar-refractivity contribution < 1.29 is 15.0 Å². The Kier molecular flexibility index (Phi) is 7.42. The first-order chi connectivity index (χ1) is 14.0. The number of hydrogen-bond donors (Lipinski definition) is 3. The zero-order valence-corrected chi connectivity index (χ0v) is 16.8. The second-order valence-electron chi connectivity index (χ2n) is 6.98. The summed E-state index contributed by atoms with van der Waals surface area (Å²) in [6.45, 7) is 1.21. The van der Waals surface area contributed by atoms with E-state index in [2.05, 4.69) is 17.4 Å². The Morgan fingerprint density at radius 3 is 2.41 bits per heavy atom. The van der Waals surface area contributed by atoms with Crippen molar-refractivity contribution in [1.29, 1.82) is 0 Å². The van der Waals surface area contributed by atoms with E-state index < -0.39 is 12.1 Å². The van der Waals surface area contributed by atoms with Crippen LogP contribution in [-0.4, -0.2) is 29.3 Å². The smallest absolute Gasteiger partial charge is 0.335 e. The largest absolute Gasteiger partial charge is 0.478 e. The Labute approximate surface area is 175 Å². The van der Waals surface area contributed by atoms with E-state index in [9.17, 15) is 15.0 Å². The van der Waals surface area contributed by atoms with Gasteiger partial charge in [0.15, 0.2) is 0 Å². The number of aromatic carboxylic acids is 1. The van der Waals surface area contributed by atoms with Gasteiger partial charge in [-0.05, 0) is 59.8 Å². The van der Waals surface area contributed by atoms with Crippen LogP contribution in [0.3, 0.4) is 0 Å². The van der Waals surface area contributed by atoms with Gasteiger partial charge in [-0.3, -0.25) is 0 Å². The third-order valence-electron chi connectivity index (χ3n) is 4.83. The molecule has 4 nitrogen and oxygen atoms in total. The predicted molar refractivity (Wildman–Crippen MR) is 116 cm³/mol. The van der Waals surface area contributed by atoms with Crippen molar-refractivity contribution in [3.05, 3.63) is 106 Å². The third kappa shape index (κ3) is 6.16. The number of carboxylic acids is 1. The van der Waals surface area contributed by atoms with Gasteiger partial charge in [-0.25, -0.2) is 4.79 Å². The molecule has 0 saturated heterocycles. The molecular formula is C24H24ClNO3. The highest BCUT2D eigenvalue weighted by molar-refractivity contribution is 6.30. The van der Waals surface area contributed by atoms with Crippen molar-refractivity contribution in [3.63, 3.8) is 0 Å². The number of nitrogens with one attached hydrogen (secondary N) is 1. The van der Waals surface area contributed by atoms with Gasteiger partial charge >= 0.3 is 5.97 Å². The standard InChI is InChI=1S/C24H24ClNO3/c25-21-6-3-5-20(15-21)23(27)16-26-13-12-17-8-10-18(11-9-17)14-19-4-1-2-7-22(19)24(28)29/h1-11,15,23,26-27H,12-14,16H2,(H,28,29). The highest BCUT2D eigenvalue weighted by Crippen LogP contribution is 2.17. The molecule has 0 radical (unpaired) electrons. The van der Waals surface area contributed by atoms with Crippen LogP contribution in [0.2, 0.25) is 5.02 Å². The molecule has 0 aliphatic heterocycles. The van der Waals surface area contributed by atoms with Crippen LogP contribution in [0.4, 0.5) is 0 Å². The summed E-state index contributed by atoms with van der Waals surface area (Å²) in [5.74, 6) is -0.900. The van der Waals surface area contributed by atoms with Gasteiger partial charge in [0, 0.05) is 11.6 Å². The van der Waals surface area contributed by atoms with E-state index >= 15 is 0 Å². The molecule has 0 saturated carbocycles. The van der Waals surface area contributed by atoms with Crippen LogP contribution in [0.25, 0.3) is 0 Å². The summed E-state index contributed by atoms with van der Waals surface area (Å²) < 4.78 is 0. The lowest BCUT2D eigenvalue weighted by atomic mass is 9.98. The maximum Gasteiger partial charge on any atom is 0.335 e. The molecule has 5 heteroatoms. The summed E-state index contributed by atoms with van der Waals surface area (Å²) in [7, 11) is 0. The Morgan fingerprint density at radius 1 is 0.966 bits per heavy atom.